The first kappa shape index (κ1) is 19.2. The zero-order valence-electron chi connectivity index (χ0n) is 16.6. The van der Waals surface area contributed by atoms with E-state index in [1.54, 1.807) is 30.6 Å². The van der Waals surface area contributed by atoms with Crippen molar-refractivity contribution >= 4 is 22.6 Å². The minimum Gasteiger partial charge on any atom is -0.490 e. The summed E-state index contributed by atoms with van der Waals surface area (Å²) in [4.78, 5) is 35.7. The molecule has 4 rings (SSSR count). The number of fused-ring (bicyclic) bond motifs is 1. The average Bonchev–Trinajstić information content (AvgIpc) is 3.09. The number of piperidine rings is 1. The van der Waals surface area contributed by atoms with E-state index in [0.29, 0.717) is 16.7 Å². The van der Waals surface area contributed by atoms with Gasteiger partial charge in [0.1, 0.15) is 11.9 Å². The number of aryl methyl sites for hydroxylation is 1. The molecule has 0 radical (unpaired) electrons. The summed E-state index contributed by atoms with van der Waals surface area (Å²) in [6, 6.07) is 6.96. The van der Waals surface area contributed by atoms with Gasteiger partial charge >= 0.3 is 5.69 Å². The van der Waals surface area contributed by atoms with E-state index < -0.39 is 0 Å². The van der Waals surface area contributed by atoms with Crippen LogP contribution in [0.1, 0.15) is 25.3 Å². The lowest BCUT2D eigenvalue weighted by Gasteiger charge is -2.35. The summed E-state index contributed by atoms with van der Waals surface area (Å²) in [5.74, 6) is 0.814. The van der Waals surface area contributed by atoms with E-state index in [-0.39, 0.29) is 23.7 Å². The summed E-state index contributed by atoms with van der Waals surface area (Å²) < 4.78 is 6.11. The van der Waals surface area contributed by atoms with Crippen LogP contribution in [0.5, 0.6) is 5.75 Å². The molecule has 2 aromatic heterocycles. The smallest absolute Gasteiger partial charge is 0.323 e. The van der Waals surface area contributed by atoms with Crippen molar-refractivity contribution in [2.75, 3.05) is 18.4 Å². The summed E-state index contributed by atoms with van der Waals surface area (Å²) in [5, 5.41) is 2.94. The van der Waals surface area contributed by atoms with Crippen molar-refractivity contribution in [3.05, 3.63) is 52.7 Å². The highest BCUT2D eigenvalue weighted by Crippen LogP contribution is 2.23. The number of anilines is 1. The molecule has 3 N–H and O–H groups in total. The lowest BCUT2D eigenvalue weighted by molar-refractivity contribution is -0.121. The third kappa shape index (κ3) is 4.32. The Hall–Kier alpha value is -3.13. The van der Waals surface area contributed by atoms with Gasteiger partial charge in [-0.05, 0) is 51.0 Å². The number of nitrogens with zero attached hydrogens (tertiary/aromatic N) is 2. The van der Waals surface area contributed by atoms with Gasteiger partial charge in [0.25, 0.3) is 0 Å². The highest BCUT2D eigenvalue weighted by molar-refractivity contribution is 5.96. The molecule has 8 heteroatoms. The number of ether oxygens (including phenoxy) is 1. The van der Waals surface area contributed by atoms with Crippen molar-refractivity contribution < 1.29 is 9.53 Å². The van der Waals surface area contributed by atoms with Gasteiger partial charge in [0.2, 0.25) is 5.91 Å². The first-order chi connectivity index (χ1) is 14.0. The third-order valence-electron chi connectivity index (χ3n) is 5.45. The Kier molecular flexibility index (Phi) is 5.35. The molecule has 0 saturated carbocycles. The molecule has 1 saturated heterocycles. The Morgan fingerprint density at radius 1 is 1.24 bits per heavy atom. The number of carbonyl (C=O) groups is 1. The Balaban J connectivity index is 1.32. The highest BCUT2D eigenvalue weighted by atomic mass is 16.5. The zero-order chi connectivity index (χ0) is 20.4. The van der Waals surface area contributed by atoms with Gasteiger partial charge in [-0.3, -0.25) is 14.7 Å². The number of amides is 1. The van der Waals surface area contributed by atoms with E-state index in [4.69, 9.17) is 4.74 Å². The van der Waals surface area contributed by atoms with Gasteiger partial charge in [-0.15, -0.1) is 0 Å². The molecular formula is C21H25N5O3. The second-order valence-electron chi connectivity index (χ2n) is 7.50. The number of benzene rings is 1. The van der Waals surface area contributed by atoms with Gasteiger partial charge in [-0.25, -0.2) is 4.79 Å². The quantitative estimate of drug-likeness (QED) is 0.616. The van der Waals surface area contributed by atoms with Crippen LogP contribution in [0.4, 0.5) is 5.69 Å². The Labute approximate surface area is 168 Å². The van der Waals surface area contributed by atoms with Gasteiger partial charge in [0, 0.05) is 36.7 Å². The van der Waals surface area contributed by atoms with Crippen LogP contribution in [0.15, 0.2) is 41.5 Å². The molecule has 1 amide bonds. The van der Waals surface area contributed by atoms with Gasteiger partial charge in [0.05, 0.1) is 17.1 Å². The maximum Gasteiger partial charge on any atom is 0.323 e. The summed E-state index contributed by atoms with van der Waals surface area (Å²) in [5.41, 5.74) is 2.82. The lowest BCUT2D eigenvalue weighted by Crippen LogP contribution is -2.47. The van der Waals surface area contributed by atoms with Crippen LogP contribution in [-0.4, -0.2) is 51.0 Å². The lowest BCUT2D eigenvalue weighted by atomic mass is 10.1. The Bertz CT molecular complexity index is 1070. The van der Waals surface area contributed by atoms with Gasteiger partial charge < -0.3 is 20.0 Å². The van der Waals surface area contributed by atoms with E-state index in [9.17, 15) is 9.59 Å². The van der Waals surface area contributed by atoms with Gasteiger partial charge in [-0.2, -0.15) is 0 Å². The number of likely N-dealkylation sites (tertiary alicyclic amines) is 1. The van der Waals surface area contributed by atoms with Crippen LogP contribution in [0, 0.1) is 6.92 Å². The van der Waals surface area contributed by atoms with Crippen molar-refractivity contribution in [2.24, 2.45) is 0 Å². The van der Waals surface area contributed by atoms with E-state index in [2.05, 4.69) is 25.2 Å². The summed E-state index contributed by atoms with van der Waals surface area (Å²) in [6.45, 7) is 5.51. The first-order valence-corrected chi connectivity index (χ1v) is 9.84. The van der Waals surface area contributed by atoms with E-state index >= 15 is 0 Å². The number of rotatable bonds is 5. The monoisotopic (exact) mass is 395 g/mol. The van der Waals surface area contributed by atoms with Crippen LogP contribution in [-0.2, 0) is 4.79 Å². The number of hydrogen-bond acceptors (Lipinski definition) is 5. The number of carbonyl (C=O) groups excluding carboxylic acids is 1. The van der Waals surface area contributed by atoms with Crippen molar-refractivity contribution in [2.45, 2.75) is 38.8 Å². The molecule has 29 heavy (non-hydrogen) atoms. The molecule has 8 nitrogen and oxygen atoms in total. The molecule has 3 heterocycles. The van der Waals surface area contributed by atoms with Crippen LogP contribution in [0.3, 0.4) is 0 Å². The van der Waals surface area contributed by atoms with Crippen molar-refractivity contribution in [1.82, 2.24) is 19.9 Å². The predicted molar refractivity (Wildman–Crippen MR) is 111 cm³/mol. The minimum atomic E-state index is -0.260. The molecule has 1 aliphatic rings. The SMILES string of the molecule is Cc1cnccc1OC1CCN(C(C)C(=O)Nc2ccc3[nH]c(=O)[nH]c3c2)CC1. The summed E-state index contributed by atoms with van der Waals surface area (Å²) in [7, 11) is 0. The molecular weight excluding hydrogens is 370 g/mol. The van der Waals surface area contributed by atoms with Crippen molar-refractivity contribution in [3.8, 4) is 5.75 Å². The molecule has 1 unspecified atom stereocenters. The summed E-state index contributed by atoms with van der Waals surface area (Å²) in [6.07, 6.45) is 5.43. The fourth-order valence-electron chi connectivity index (χ4n) is 3.68. The predicted octanol–water partition coefficient (Wildman–Crippen LogP) is 2.43. The van der Waals surface area contributed by atoms with Crippen LogP contribution in [0.25, 0.3) is 11.0 Å². The Morgan fingerprint density at radius 2 is 2.00 bits per heavy atom. The number of aromatic amines is 2. The van der Waals surface area contributed by atoms with Crippen molar-refractivity contribution in [3.63, 3.8) is 0 Å². The summed E-state index contributed by atoms with van der Waals surface area (Å²) >= 11 is 0. The maximum absolute atomic E-state index is 12.7. The van der Waals surface area contributed by atoms with Crippen LogP contribution >= 0.6 is 0 Å². The largest absolute Gasteiger partial charge is 0.490 e. The van der Waals surface area contributed by atoms with E-state index in [1.807, 2.05) is 19.9 Å². The fraction of sp³-hybridized carbons (Fsp3) is 0.381. The number of pyridine rings is 1. The normalized spacial score (nSPS) is 16.6. The molecule has 1 atom stereocenters. The van der Waals surface area contributed by atoms with E-state index in [0.717, 1.165) is 37.2 Å². The standard InChI is InChI=1S/C21H25N5O3/c1-13-12-22-8-5-19(13)29-16-6-9-26(10-7-16)14(2)20(27)23-15-3-4-17-18(11-15)25-21(28)24-17/h3-5,8,11-12,14,16H,6-7,9-10H2,1-2H3,(H,23,27)(H2,24,25,28). The number of H-pyrrole nitrogens is 2. The molecule has 1 aliphatic heterocycles. The molecule has 0 aliphatic carbocycles. The topological polar surface area (TPSA) is 103 Å². The fourth-order valence-corrected chi connectivity index (χ4v) is 3.68. The molecule has 1 aromatic carbocycles. The number of hydrogen-bond donors (Lipinski definition) is 3. The number of nitrogens with one attached hydrogen (secondary N) is 3. The molecule has 1 fully saturated rings. The highest BCUT2D eigenvalue weighted by Gasteiger charge is 2.27. The second kappa shape index (κ2) is 8.08. The molecule has 0 spiro atoms. The number of aromatic nitrogens is 3. The molecule has 0 bridgehead atoms. The van der Waals surface area contributed by atoms with Gasteiger partial charge in [0.15, 0.2) is 0 Å². The minimum absolute atomic E-state index is 0.0634. The zero-order valence-corrected chi connectivity index (χ0v) is 16.6. The molecule has 152 valence electrons. The van der Waals surface area contributed by atoms with E-state index in [1.165, 1.54) is 0 Å². The Morgan fingerprint density at radius 3 is 2.76 bits per heavy atom. The van der Waals surface area contributed by atoms with Gasteiger partial charge in [-0.1, -0.05) is 0 Å². The third-order valence-corrected chi connectivity index (χ3v) is 5.45. The maximum atomic E-state index is 12.7. The van der Waals surface area contributed by atoms with Crippen LogP contribution in [0.2, 0.25) is 0 Å². The average molecular weight is 395 g/mol. The van der Waals surface area contributed by atoms with Crippen LogP contribution < -0.4 is 15.7 Å². The van der Waals surface area contributed by atoms with Crippen molar-refractivity contribution in [1.29, 1.82) is 0 Å². The first-order valence-electron chi connectivity index (χ1n) is 9.84. The number of imidazole rings is 1. The molecule has 3 aromatic rings. The second-order valence-corrected chi connectivity index (χ2v) is 7.50.